The molecule has 0 saturated heterocycles. The molecule has 0 aromatic heterocycles. The summed E-state index contributed by atoms with van der Waals surface area (Å²) in [5.41, 5.74) is 0.776. The summed E-state index contributed by atoms with van der Waals surface area (Å²) in [5, 5.41) is 2.18. The molecule has 2 aromatic rings. The lowest BCUT2D eigenvalue weighted by Gasteiger charge is -2.27. The average Bonchev–Trinajstić information content (AvgIpc) is 2.62. The van der Waals surface area contributed by atoms with Crippen LogP contribution in [0.25, 0.3) is 10.8 Å². The molecule has 0 radical (unpaired) electrons. The van der Waals surface area contributed by atoms with Crippen molar-refractivity contribution in [2.45, 2.75) is 46.3 Å². The highest BCUT2D eigenvalue weighted by Gasteiger charge is 2.22. The normalized spacial score (nSPS) is 11.4. The van der Waals surface area contributed by atoms with E-state index in [0.29, 0.717) is 17.2 Å². The first kappa shape index (κ1) is 22.9. The van der Waals surface area contributed by atoms with Gasteiger partial charge in [0.25, 0.3) is 0 Å². The highest BCUT2D eigenvalue weighted by atomic mass is 35.5. The van der Waals surface area contributed by atoms with Crippen LogP contribution in [0.15, 0.2) is 30.3 Å². The van der Waals surface area contributed by atoms with E-state index in [0.717, 1.165) is 16.3 Å². The van der Waals surface area contributed by atoms with Gasteiger partial charge in [-0.15, -0.1) is 0 Å². The molecule has 29 heavy (non-hydrogen) atoms. The van der Waals surface area contributed by atoms with Crippen molar-refractivity contribution in [3.63, 3.8) is 0 Å². The molecule has 0 fully saturated rings. The van der Waals surface area contributed by atoms with Gasteiger partial charge in [-0.25, -0.2) is 9.18 Å². The first-order chi connectivity index (χ1) is 13.6. The zero-order valence-corrected chi connectivity index (χ0v) is 18.0. The molecule has 1 amide bonds. The third kappa shape index (κ3) is 6.60. The summed E-state index contributed by atoms with van der Waals surface area (Å²) in [4.78, 5) is 25.7. The number of carbonyl (C=O) groups is 2. The maximum absolute atomic E-state index is 13.0. The molecular formula is C22H27ClFNO4. The van der Waals surface area contributed by atoms with Gasteiger partial charge in [-0.05, 0) is 61.7 Å². The second-order valence-corrected chi connectivity index (χ2v) is 8.06. The molecule has 0 heterocycles. The largest absolute Gasteiger partial charge is 0.466 e. The average molecular weight is 424 g/mol. The fourth-order valence-electron chi connectivity index (χ4n) is 2.92. The van der Waals surface area contributed by atoms with Crippen molar-refractivity contribution in [1.29, 1.82) is 0 Å². The van der Waals surface area contributed by atoms with Gasteiger partial charge in [0, 0.05) is 11.6 Å². The van der Waals surface area contributed by atoms with Gasteiger partial charge in [0.05, 0.1) is 19.6 Å². The maximum atomic E-state index is 13.0. The van der Waals surface area contributed by atoms with Crippen LogP contribution < -0.4 is 0 Å². The molecule has 0 unspecified atom stereocenters. The summed E-state index contributed by atoms with van der Waals surface area (Å²) >= 11 is 6.34. The van der Waals surface area contributed by atoms with Crippen LogP contribution >= 0.6 is 11.6 Å². The molecule has 2 aromatic carbocycles. The van der Waals surface area contributed by atoms with Gasteiger partial charge in [0.2, 0.25) is 0 Å². The molecule has 0 N–H and O–H groups in total. The first-order valence-corrected chi connectivity index (χ1v) is 9.92. The minimum atomic E-state index is -0.674. The number of carbonyl (C=O) groups excluding carboxylic acids is 2. The van der Waals surface area contributed by atoms with Crippen LogP contribution in [0.2, 0.25) is 5.02 Å². The van der Waals surface area contributed by atoms with E-state index in [1.807, 2.05) is 24.3 Å². The van der Waals surface area contributed by atoms with Gasteiger partial charge in [-0.2, -0.15) is 0 Å². The van der Waals surface area contributed by atoms with Crippen molar-refractivity contribution in [2.24, 2.45) is 0 Å². The predicted octanol–water partition coefficient (Wildman–Crippen LogP) is 5.31. The van der Waals surface area contributed by atoms with Gasteiger partial charge < -0.3 is 14.4 Å². The Morgan fingerprint density at radius 1 is 1.17 bits per heavy atom. The van der Waals surface area contributed by atoms with E-state index in [9.17, 15) is 14.0 Å². The second-order valence-electron chi connectivity index (χ2n) is 7.65. The van der Waals surface area contributed by atoms with Crippen LogP contribution in [0.1, 0.15) is 38.8 Å². The zero-order valence-electron chi connectivity index (χ0n) is 17.3. The minimum Gasteiger partial charge on any atom is -0.466 e. The lowest BCUT2D eigenvalue weighted by Crippen LogP contribution is -2.37. The summed E-state index contributed by atoms with van der Waals surface area (Å²) in [6.07, 6.45) is -0.527. The van der Waals surface area contributed by atoms with E-state index in [1.165, 1.54) is 4.90 Å². The number of nitrogens with zero attached hydrogens (tertiary/aromatic N) is 1. The zero-order chi connectivity index (χ0) is 21.6. The third-order valence-corrected chi connectivity index (χ3v) is 4.50. The minimum absolute atomic E-state index is 0.0493. The van der Waals surface area contributed by atoms with E-state index in [1.54, 1.807) is 33.8 Å². The van der Waals surface area contributed by atoms with E-state index >= 15 is 0 Å². The Balaban J connectivity index is 2.35. The monoisotopic (exact) mass is 423 g/mol. The molecule has 0 aliphatic rings. The number of esters is 1. The third-order valence-electron chi connectivity index (χ3n) is 4.15. The first-order valence-electron chi connectivity index (χ1n) is 9.54. The number of hydrogen-bond donors (Lipinski definition) is 0. The van der Waals surface area contributed by atoms with Crippen LogP contribution in [0.5, 0.6) is 0 Å². The summed E-state index contributed by atoms with van der Waals surface area (Å²) in [5.74, 6) is -0.361. The quantitative estimate of drug-likeness (QED) is 0.566. The van der Waals surface area contributed by atoms with E-state index in [2.05, 4.69) is 0 Å². The molecule has 2 rings (SSSR count). The Labute approximate surface area is 175 Å². The topological polar surface area (TPSA) is 55.8 Å². The molecule has 0 aliphatic carbocycles. The summed E-state index contributed by atoms with van der Waals surface area (Å²) in [6.45, 7) is 6.76. The number of halogens is 2. The summed E-state index contributed by atoms with van der Waals surface area (Å²) in [6, 6.07) is 9.22. The molecule has 0 spiro atoms. The van der Waals surface area contributed by atoms with Crippen molar-refractivity contribution in [1.82, 2.24) is 4.90 Å². The molecule has 158 valence electrons. The van der Waals surface area contributed by atoms with E-state index in [-0.39, 0.29) is 25.5 Å². The second kappa shape index (κ2) is 9.92. The van der Waals surface area contributed by atoms with E-state index < -0.39 is 18.4 Å². The van der Waals surface area contributed by atoms with Gasteiger partial charge in [0.15, 0.2) is 0 Å². The van der Waals surface area contributed by atoms with Crippen LogP contribution in [0.4, 0.5) is 9.18 Å². The van der Waals surface area contributed by atoms with Crippen molar-refractivity contribution >= 4 is 34.4 Å². The van der Waals surface area contributed by atoms with Gasteiger partial charge in [-0.3, -0.25) is 4.79 Å². The fraction of sp³-hybridized carbons (Fsp3) is 0.455. The van der Waals surface area contributed by atoms with Gasteiger partial charge in [0.1, 0.15) is 12.3 Å². The number of amides is 1. The lowest BCUT2D eigenvalue weighted by atomic mass is 9.99. The Morgan fingerprint density at radius 2 is 1.86 bits per heavy atom. The highest BCUT2D eigenvalue weighted by molar-refractivity contribution is 6.32. The molecule has 0 bridgehead atoms. The molecule has 0 aliphatic heterocycles. The van der Waals surface area contributed by atoms with Crippen LogP contribution in [-0.4, -0.2) is 42.4 Å². The Morgan fingerprint density at radius 3 is 2.48 bits per heavy atom. The Hall–Kier alpha value is -2.34. The SMILES string of the molecule is CCOC(=O)Cc1c(Cl)ccc2ccc(CN(CCF)C(=O)OC(C)(C)C)cc12. The van der Waals surface area contributed by atoms with Gasteiger partial charge >= 0.3 is 12.1 Å². The van der Waals surface area contributed by atoms with Crippen LogP contribution in [-0.2, 0) is 27.2 Å². The molecular weight excluding hydrogens is 397 g/mol. The van der Waals surface area contributed by atoms with Crippen LogP contribution in [0.3, 0.4) is 0 Å². The van der Waals surface area contributed by atoms with Crippen LogP contribution in [0, 0.1) is 0 Å². The summed E-state index contributed by atoms with van der Waals surface area (Å²) < 4.78 is 23.4. The van der Waals surface area contributed by atoms with Crippen molar-refractivity contribution < 1.29 is 23.5 Å². The standard InChI is InChI=1S/C22H27ClFNO4/c1-5-28-20(26)13-18-17-12-15(6-7-16(17)8-9-19(18)23)14-25(11-10-24)21(27)29-22(2,3)4/h6-9,12H,5,10-11,13-14H2,1-4H3. The van der Waals surface area contributed by atoms with Crippen molar-refractivity contribution in [2.75, 3.05) is 19.8 Å². The number of benzene rings is 2. The maximum Gasteiger partial charge on any atom is 0.410 e. The Kier molecular flexibility index (Phi) is 7.85. The number of rotatable bonds is 7. The van der Waals surface area contributed by atoms with Gasteiger partial charge in [-0.1, -0.05) is 29.8 Å². The molecule has 7 heteroatoms. The highest BCUT2D eigenvalue weighted by Crippen LogP contribution is 2.28. The molecule has 5 nitrogen and oxygen atoms in total. The predicted molar refractivity (Wildman–Crippen MR) is 112 cm³/mol. The smallest absolute Gasteiger partial charge is 0.410 e. The summed E-state index contributed by atoms with van der Waals surface area (Å²) in [7, 11) is 0. The number of hydrogen-bond acceptors (Lipinski definition) is 4. The number of fused-ring (bicyclic) bond motifs is 1. The van der Waals surface area contributed by atoms with E-state index in [4.69, 9.17) is 21.1 Å². The lowest BCUT2D eigenvalue weighted by molar-refractivity contribution is -0.142. The van der Waals surface area contributed by atoms with Crippen molar-refractivity contribution in [3.8, 4) is 0 Å². The Bertz CT molecular complexity index is 879. The fourth-order valence-corrected chi connectivity index (χ4v) is 3.15. The number of alkyl halides is 1. The number of ether oxygens (including phenoxy) is 2. The van der Waals surface area contributed by atoms with Crippen molar-refractivity contribution in [3.05, 3.63) is 46.5 Å². The molecule has 0 atom stereocenters. The molecule has 0 saturated carbocycles.